The van der Waals surface area contributed by atoms with Gasteiger partial charge in [0.25, 0.3) is 0 Å². The van der Waals surface area contributed by atoms with Gasteiger partial charge in [-0.1, -0.05) is 25.3 Å². The van der Waals surface area contributed by atoms with Crippen LogP contribution in [-0.4, -0.2) is 49.2 Å². The molecule has 25 heavy (non-hydrogen) atoms. The Morgan fingerprint density at radius 2 is 1.56 bits per heavy atom. The molecule has 0 amide bonds. The maximum atomic E-state index is 5.60. The Kier molecular flexibility index (Phi) is 8.58. The molecule has 0 atom stereocenters. The standard InChI is InChI=1S/C19H26N2O4/c1-3-22-13-15-24-11-9-19-20-17-7-5-6-8-18(17)21(19)10-12-25-16-14-23-4-2/h3-8H,1-2,9-16H2. The minimum absolute atomic E-state index is 0.514. The van der Waals surface area contributed by atoms with Gasteiger partial charge in [0.15, 0.2) is 0 Å². The van der Waals surface area contributed by atoms with Crippen LogP contribution in [0, 0.1) is 0 Å². The number of fused-ring (bicyclic) bond motifs is 1. The third kappa shape index (κ3) is 6.25. The number of rotatable bonds is 14. The lowest BCUT2D eigenvalue weighted by atomic mass is 10.3. The van der Waals surface area contributed by atoms with Crippen molar-refractivity contribution in [2.75, 3.05) is 39.6 Å². The number of hydrogen-bond donors (Lipinski definition) is 0. The van der Waals surface area contributed by atoms with Crippen LogP contribution >= 0.6 is 0 Å². The Labute approximate surface area is 148 Å². The highest BCUT2D eigenvalue weighted by Crippen LogP contribution is 2.16. The summed E-state index contributed by atoms with van der Waals surface area (Å²) in [6.07, 6.45) is 3.58. The molecule has 136 valence electrons. The van der Waals surface area contributed by atoms with Crippen LogP contribution in [0.4, 0.5) is 0 Å². The molecule has 0 spiro atoms. The molecule has 0 aliphatic heterocycles. The molecular weight excluding hydrogens is 320 g/mol. The first kappa shape index (κ1) is 19.0. The summed E-state index contributed by atoms with van der Waals surface area (Å²) >= 11 is 0. The molecule has 0 radical (unpaired) electrons. The van der Waals surface area contributed by atoms with E-state index in [1.54, 1.807) is 0 Å². The van der Waals surface area contributed by atoms with Crippen molar-refractivity contribution in [2.45, 2.75) is 13.0 Å². The van der Waals surface area contributed by atoms with E-state index in [1.165, 1.54) is 12.5 Å². The van der Waals surface area contributed by atoms with Crippen molar-refractivity contribution >= 4 is 11.0 Å². The maximum absolute atomic E-state index is 5.60. The molecule has 0 N–H and O–H groups in total. The van der Waals surface area contributed by atoms with Crippen LogP contribution in [0.2, 0.25) is 0 Å². The zero-order valence-electron chi connectivity index (χ0n) is 14.6. The largest absolute Gasteiger partial charge is 0.499 e. The Hall–Kier alpha value is -2.31. The zero-order valence-corrected chi connectivity index (χ0v) is 14.6. The number of nitrogens with zero attached hydrogens (tertiary/aromatic N) is 2. The molecular formula is C19H26N2O4. The van der Waals surface area contributed by atoms with Gasteiger partial charge in [0.1, 0.15) is 19.0 Å². The minimum Gasteiger partial charge on any atom is -0.499 e. The van der Waals surface area contributed by atoms with Gasteiger partial charge in [-0.2, -0.15) is 0 Å². The molecule has 6 heteroatoms. The Bertz CT molecular complexity index is 654. The molecule has 2 rings (SSSR count). The van der Waals surface area contributed by atoms with Crippen LogP contribution in [0.15, 0.2) is 49.9 Å². The number of benzene rings is 1. The molecule has 1 aromatic carbocycles. The summed E-state index contributed by atoms with van der Waals surface area (Å²) in [5, 5.41) is 0. The molecule has 0 fully saturated rings. The van der Waals surface area contributed by atoms with Crippen molar-refractivity contribution in [1.82, 2.24) is 9.55 Å². The Morgan fingerprint density at radius 3 is 2.28 bits per heavy atom. The van der Waals surface area contributed by atoms with Gasteiger partial charge in [-0.15, -0.1) is 0 Å². The first-order valence-corrected chi connectivity index (χ1v) is 8.41. The van der Waals surface area contributed by atoms with Crippen LogP contribution in [0.1, 0.15) is 5.82 Å². The summed E-state index contributed by atoms with van der Waals surface area (Å²) in [7, 11) is 0. The van der Waals surface area contributed by atoms with Gasteiger partial charge in [-0.3, -0.25) is 0 Å². The molecule has 1 aromatic heterocycles. The van der Waals surface area contributed by atoms with E-state index in [-0.39, 0.29) is 0 Å². The van der Waals surface area contributed by atoms with Crippen molar-refractivity contribution in [2.24, 2.45) is 0 Å². The molecule has 0 unspecified atom stereocenters. The lowest BCUT2D eigenvalue weighted by Crippen LogP contribution is -2.13. The second-order valence-corrected chi connectivity index (χ2v) is 5.22. The molecule has 0 saturated heterocycles. The fraction of sp³-hybridized carbons (Fsp3) is 0.421. The van der Waals surface area contributed by atoms with Crippen LogP contribution in [0.3, 0.4) is 0 Å². The predicted octanol–water partition coefficient (Wildman–Crippen LogP) is 2.93. The zero-order chi connectivity index (χ0) is 17.7. The minimum atomic E-state index is 0.514. The van der Waals surface area contributed by atoms with Crippen LogP contribution in [0.25, 0.3) is 11.0 Å². The lowest BCUT2D eigenvalue weighted by Gasteiger charge is -2.10. The highest BCUT2D eigenvalue weighted by Gasteiger charge is 2.10. The second kappa shape index (κ2) is 11.3. The quantitative estimate of drug-likeness (QED) is 0.389. The van der Waals surface area contributed by atoms with E-state index < -0.39 is 0 Å². The Balaban J connectivity index is 1.88. The molecule has 1 heterocycles. The predicted molar refractivity (Wildman–Crippen MR) is 97.4 cm³/mol. The molecule has 0 aliphatic rings. The van der Waals surface area contributed by atoms with Gasteiger partial charge in [0.05, 0.1) is 50.0 Å². The van der Waals surface area contributed by atoms with Crippen LogP contribution in [0.5, 0.6) is 0 Å². The van der Waals surface area contributed by atoms with Gasteiger partial charge < -0.3 is 23.5 Å². The van der Waals surface area contributed by atoms with Gasteiger partial charge in [-0.05, 0) is 12.1 Å². The van der Waals surface area contributed by atoms with Gasteiger partial charge in [-0.25, -0.2) is 4.98 Å². The third-order valence-electron chi connectivity index (χ3n) is 3.59. The van der Waals surface area contributed by atoms with Crippen molar-refractivity contribution in [3.05, 3.63) is 55.8 Å². The summed E-state index contributed by atoms with van der Waals surface area (Å²) in [6.45, 7) is 11.0. The summed E-state index contributed by atoms with van der Waals surface area (Å²) in [5.74, 6) is 0.997. The summed E-state index contributed by atoms with van der Waals surface area (Å²) in [4.78, 5) is 4.72. The summed E-state index contributed by atoms with van der Waals surface area (Å²) in [6, 6.07) is 8.11. The van der Waals surface area contributed by atoms with Crippen molar-refractivity contribution in [1.29, 1.82) is 0 Å². The lowest BCUT2D eigenvalue weighted by molar-refractivity contribution is 0.0784. The van der Waals surface area contributed by atoms with E-state index in [2.05, 4.69) is 23.8 Å². The molecule has 0 aliphatic carbocycles. The SMILES string of the molecule is C=COCCOCCc1nc2ccccc2n1CCOCCOC=C. The first-order valence-electron chi connectivity index (χ1n) is 8.41. The molecule has 0 bridgehead atoms. The topological polar surface area (TPSA) is 54.7 Å². The van der Waals surface area contributed by atoms with Gasteiger partial charge >= 0.3 is 0 Å². The number of para-hydroxylation sites is 2. The van der Waals surface area contributed by atoms with E-state index in [1.807, 2.05) is 18.2 Å². The molecule has 0 saturated carbocycles. The second-order valence-electron chi connectivity index (χ2n) is 5.22. The van der Waals surface area contributed by atoms with E-state index in [9.17, 15) is 0 Å². The van der Waals surface area contributed by atoms with E-state index in [4.69, 9.17) is 23.9 Å². The van der Waals surface area contributed by atoms with Crippen molar-refractivity contribution in [3.8, 4) is 0 Å². The van der Waals surface area contributed by atoms with E-state index in [0.717, 1.165) is 29.8 Å². The van der Waals surface area contributed by atoms with Crippen LogP contribution in [-0.2, 0) is 31.9 Å². The monoisotopic (exact) mass is 346 g/mol. The first-order chi connectivity index (χ1) is 12.4. The number of aromatic nitrogens is 2. The molecule has 2 aromatic rings. The highest BCUT2D eigenvalue weighted by atomic mass is 16.5. The normalized spacial score (nSPS) is 10.7. The van der Waals surface area contributed by atoms with Gasteiger partial charge in [0.2, 0.25) is 0 Å². The fourth-order valence-corrected chi connectivity index (χ4v) is 2.47. The van der Waals surface area contributed by atoms with E-state index >= 15 is 0 Å². The smallest absolute Gasteiger partial charge is 0.112 e. The number of ether oxygens (including phenoxy) is 4. The number of hydrogen-bond acceptors (Lipinski definition) is 5. The summed E-state index contributed by atoms with van der Waals surface area (Å²) < 4.78 is 23.5. The maximum Gasteiger partial charge on any atom is 0.112 e. The van der Waals surface area contributed by atoms with Crippen LogP contribution < -0.4 is 0 Å². The highest BCUT2D eigenvalue weighted by molar-refractivity contribution is 5.75. The average Bonchev–Trinajstić information content (AvgIpc) is 2.98. The summed E-state index contributed by atoms with van der Waals surface area (Å²) in [5.41, 5.74) is 2.10. The van der Waals surface area contributed by atoms with Crippen molar-refractivity contribution in [3.63, 3.8) is 0 Å². The van der Waals surface area contributed by atoms with Gasteiger partial charge in [0, 0.05) is 13.0 Å². The third-order valence-corrected chi connectivity index (χ3v) is 3.59. The molecule has 6 nitrogen and oxygen atoms in total. The number of imidazole rings is 1. The Morgan fingerprint density at radius 1 is 0.880 bits per heavy atom. The average molecular weight is 346 g/mol. The van der Waals surface area contributed by atoms with E-state index in [0.29, 0.717) is 39.6 Å². The fourth-order valence-electron chi connectivity index (χ4n) is 2.47. The van der Waals surface area contributed by atoms with Crippen molar-refractivity contribution < 1.29 is 18.9 Å².